The van der Waals surface area contributed by atoms with Crippen LogP contribution >= 0.6 is 0 Å². The molecule has 1 aromatic carbocycles. The van der Waals surface area contributed by atoms with Crippen molar-refractivity contribution in [2.45, 2.75) is 26.0 Å². The van der Waals surface area contributed by atoms with E-state index in [0.717, 1.165) is 25.2 Å². The van der Waals surface area contributed by atoms with Crippen LogP contribution in [0.1, 0.15) is 18.9 Å². The van der Waals surface area contributed by atoms with Gasteiger partial charge in [-0.1, -0.05) is 18.2 Å². The molecule has 0 radical (unpaired) electrons. The van der Waals surface area contributed by atoms with E-state index in [1.807, 2.05) is 54.3 Å². The lowest BCUT2D eigenvalue weighted by Crippen LogP contribution is -2.21. The molecule has 2 rings (SSSR count). The second kappa shape index (κ2) is 6.50. The van der Waals surface area contributed by atoms with Gasteiger partial charge in [-0.25, -0.2) is 4.68 Å². The fourth-order valence-electron chi connectivity index (χ4n) is 1.96. The Hall–Kier alpha value is -1.65. The second-order valence-corrected chi connectivity index (χ2v) is 5.00. The summed E-state index contributed by atoms with van der Waals surface area (Å²) in [4.78, 5) is 2.19. The molecular weight excluding hydrogens is 238 g/mol. The fraction of sp³-hybridized carbons (Fsp3) is 0.400. The standard InChI is InChI=1S/C15H21N3O/c1-13(19)8-9-17(2)11-14-10-16-18(12-14)15-6-4-3-5-7-15/h3-7,10,12-13,19H,8-9,11H2,1-2H3. The van der Waals surface area contributed by atoms with Gasteiger partial charge >= 0.3 is 0 Å². The van der Waals surface area contributed by atoms with E-state index in [1.165, 1.54) is 5.56 Å². The highest BCUT2D eigenvalue weighted by molar-refractivity contribution is 5.30. The Morgan fingerprint density at radius 2 is 2.05 bits per heavy atom. The van der Waals surface area contributed by atoms with E-state index < -0.39 is 0 Å². The zero-order chi connectivity index (χ0) is 13.7. The first-order valence-electron chi connectivity index (χ1n) is 6.61. The monoisotopic (exact) mass is 259 g/mol. The third kappa shape index (κ3) is 4.19. The third-order valence-corrected chi connectivity index (χ3v) is 3.04. The zero-order valence-corrected chi connectivity index (χ0v) is 11.5. The smallest absolute Gasteiger partial charge is 0.0645 e. The normalized spacial score (nSPS) is 12.8. The van der Waals surface area contributed by atoms with E-state index in [4.69, 9.17) is 0 Å². The average molecular weight is 259 g/mol. The molecule has 102 valence electrons. The van der Waals surface area contributed by atoms with Crippen molar-refractivity contribution in [3.63, 3.8) is 0 Å². The summed E-state index contributed by atoms with van der Waals surface area (Å²) in [6, 6.07) is 10.1. The summed E-state index contributed by atoms with van der Waals surface area (Å²) in [6.07, 6.45) is 4.50. The summed E-state index contributed by atoms with van der Waals surface area (Å²) in [7, 11) is 2.06. The fourth-order valence-corrected chi connectivity index (χ4v) is 1.96. The Morgan fingerprint density at radius 3 is 2.74 bits per heavy atom. The van der Waals surface area contributed by atoms with Gasteiger partial charge in [-0.05, 0) is 32.5 Å². The Kier molecular flexibility index (Phi) is 4.71. The van der Waals surface area contributed by atoms with Crippen molar-refractivity contribution in [3.05, 3.63) is 48.3 Å². The van der Waals surface area contributed by atoms with E-state index in [1.54, 1.807) is 0 Å². The molecule has 1 atom stereocenters. The van der Waals surface area contributed by atoms with E-state index in [2.05, 4.69) is 17.0 Å². The predicted octanol–water partition coefficient (Wildman–Crippen LogP) is 2.08. The highest BCUT2D eigenvalue weighted by atomic mass is 16.3. The number of aliphatic hydroxyl groups excluding tert-OH is 1. The molecule has 2 aromatic rings. The molecule has 0 aliphatic carbocycles. The zero-order valence-electron chi connectivity index (χ0n) is 11.5. The molecule has 1 N–H and O–H groups in total. The molecule has 0 amide bonds. The Balaban J connectivity index is 1.94. The highest BCUT2D eigenvalue weighted by Crippen LogP contribution is 2.09. The maximum Gasteiger partial charge on any atom is 0.0645 e. The maximum absolute atomic E-state index is 9.28. The number of rotatable bonds is 6. The van der Waals surface area contributed by atoms with Crippen molar-refractivity contribution in [2.24, 2.45) is 0 Å². The van der Waals surface area contributed by atoms with Crippen molar-refractivity contribution in [2.75, 3.05) is 13.6 Å². The quantitative estimate of drug-likeness (QED) is 0.863. The van der Waals surface area contributed by atoms with Gasteiger partial charge in [0.05, 0.1) is 18.0 Å². The summed E-state index contributed by atoms with van der Waals surface area (Å²) in [5, 5.41) is 13.7. The number of nitrogens with zero attached hydrogens (tertiary/aromatic N) is 3. The average Bonchev–Trinajstić information content (AvgIpc) is 2.86. The molecule has 0 bridgehead atoms. The van der Waals surface area contributed by atoms with Crippen LogP contribution in [-0.4, -0.2) is 39.5 Å². The van der Waals surface area contributed by atoms with Crippen molar-refractivity contribution in [1.82, 2.24) is 14.7 Å². The van der Waals surface area contributed by atoms with Crippen LogP contribution in [0.3, 0.4) is 0 Å². The number of hydrogen-bond acceptors (Lipinski definition) is 3. The molecule has 1 aromatic heterocycles. The van der Waals surface area contributed by atoms with Crippen molar-refractivity contribution >= 4 is 0 Å². The van der Waals surface area contributed by atoms with Gasteiger partial charge in [0.25, 0.3) is 0 Å². The molecule has 0 saturated carbocycles. The van der Waals surface area contributed by atoms with Crippen molar-refractivity contribution in [3.8, 4) is 5.69 Å². The first kappa shape index (κ1) is 13.8. The molecule has 0 aliphatic rings. The number of para-hydroxylation sites is 1. The van der Waals surface area contributed by atoms with E-state index in [0.29, 0.717) is 0 Å². The molecule has 4 heteroatoms. The summed E-state index contributed by atoms with van der Waals surface area (Å²) in [5.74, 6) is 0. The molecule has 0 aliphatic heterocycles. The molecule has 0 spiro atoms. The topological polar surface area (TPSA) is 41.3 Å². The van der Waals surface area contributed by atoms with Gasteiger partial charge in [0.1, 0.15) is 0 Å². The minimum Gasteiger partial charge on any atom is -0.393 e. The van der Waals surface area contributed by atoms with Gasteiger partial charge in [-0.15, -0.1) is 0 Å². The second-order valence-electron chi connectivity index (χ2n) is 5.00. The van der Waals surface area contributed by atoms with E-state index >= 15 is 0 Å². The molecule has 19 heavy (non-hydrogen) atoms. The van der Waals surface area contributed by atoms with Gasteiger partial charge in [-0.3, -0.25) is 0 Å². The Labute approximate surface area is 114 Å². The van der Waals surface area contributed by atoms with Gasteiger partial charge in [0, 0.05) is 24.8 Å². The lowest BCUT2D eigenvalue weighted by atomic mass is 10.2. The first-order chi connectivity index (χ1) is 9.15. The molecule has 4 nitrogen and oxygen atoms in total. The predicted molar refractivity (Wildman–Crippen MR) is 76.2 cm³/mol. The van der Waals surface area contributed by atoms with Crippen LogP contribution in [0.4, 0.5) is 0 Å². The largest absolute Gasteiger partial charge is 0.393 e. The van der Waals surface area contributed by atoms with Crippen LogP contribution in [0, 0.1) is 0 Å². The van der Waals surface area contributed by atoms with Crippen LogP contribution < -0.4 is 0 Å². The number of aromatic nitrogens is 2. The van der Waals surface area contributed by atoms with Gasteiger partial charge < -0.3 is 10.0 Å². The van der Waals surface area contributed by atoms with Gasteiger partial charge in [0.15, 0.2) is 0 Å². The van der Waals surface area contributed by atoms with Crippen LogP contribution in [0.15, 0.2) is 42.7 Å². The summed E-state index contributed by atoms with van der Waals surface area (Å²) >= 11 is 0. The Bertz CT molecular complexity index is 493. The third-order valence-electron chi connectivity index (χ3n) is 3.04. The SMILES string of the molecule is CC(O)CCN(C)Cc1cnn(-c2ccccc2)c1. The van der Waals surface area contributed by atoms with Crippen molar-refractivity contribution in [1.29, 1.82) is 0 Å². The molecule has 1 heterocycles. The minimum atomic E-state index is -0.241. The van der Waals surface area contributed by atoms with Crippen molar-refractivity contribution < 1.29 is 5.11 Å². The molecule has 1 unspecified atom stereocenters. The number of aliphatic hydroxyl groups is 1. The van der Waals surface area contributed by atoms with Crippen LogP contribution in [0.5, 0.6) is 0 Å². The highest BCUT2D eigenvalue weighted by Gasteiger charge is 2.05. The minimum absolute atomic E-state index is 0.241. The number of benzene rings is 1. The van der Waals surface area contributed by atoms with E-state index in [-0.39, 0.29) is 6.10 Å². The van der Waals surface area contributed by atoms with Crippen LogP contribution in [0.2, 0.25) is 0 Å². The lowest BCUT2D eigenvalue weighted by Gasteiger charge is -2.16. The Morgan fingerprint density at radius 1 is 1.32 bits per heavy atom. The molecule has 0 saturated heterocycles. The maximum atomic E-state index is 9.28. The summed E-state index contributed by atoms with van der Waals surface area (Å²) in [5.41, 5.74) is 2.25. The molecule has 0 fully saturated rings. The summed E-state index contributed by atoms with van der Waals surface area (Å²) in [6.45, 7) is 3.55. The lowest BCUT2D eigenvalue weighted by molar-refractivity contribution is 0.163. The van der Waals surface area contributed by atoms with Crippen LogP contribution in [-0.2, 0) is 6.54 Å². The van der Waals surface area contributed by atoms with E-state index in [9.17, 15) is 5.11 Å². The first-order valence-corrected chi connectivity index (χ1v) is 6.61. The van der Waals surface area contributed by atoms with Crippen LogP contribution in [0.25, 0.3) is 5.69 Å². The number of hydrogen-bond donors (Lipinski definition) is 1. The van der Waals surface area contributed by atoms with Gasteiger partial charge in [-0.2, -0.15) is 5.10 Å². The summed E-state index contributed by atoms with van der Waals surface area (Å²) < 4.78 is 1.89. The van der Waals surface area contributed by atoms with Gasteiger partial charge in [0.2, 0.25) is 0 Å². The molecular formula is C15H21N3O.